The van der Waals surface area contributed by atoms with E-state index in [4.69, 9.17) is 15.2 Å². The highest BCUT2D eigenvalue weighted by Gasteiger charge is 2.14. The number of hydrogen-bond donors (Lipinski definition) is 3. The summed E-state index contributed by atoms with van der Waals surface area (Å²) < 4.78 is 25.1. The lowest BCUT2D eigenvalue weighted by Crippen LogP contribution is -2.25. The van der Waals surface area contributed by atoms with Crippen LogP contribution < -0.4 is 20.5 Å². The first-order chi connectivity index (χ1) is 13.6. The summed E-state index contributed by atoms with van der Waals surface area (Å²) in [6.45, 7) is 0.674. The number of ether oxygens (including phenoxy) is 2. The third-order valence-corrected chi connectivity index (χ3v) is 4.11. The molecule has 1 amide bonds. The van der Waals surface area contributed by atoms with Crippen LogP contribution in [0.15, 0.2) is 48.9 Å². The summed E-state index contributed by atoms with van der Waals surface area (Å²) in [4.78, 5) is 19.3. The first kappa shape index (κ1) is 19.4. The van der Waals surface area contributed by atoms with E-state index in [1.54, 1.807) is 30.7 Å². The maximum Gasteiger partial charge on any atom is 0.251 e. The van der Waals surface area contributed by atoms with E-state index >= 15 is 0 Å². The summed E-state index contributed by atoms with van der Waals surface area (Å²) in [6.07, 6.45) is 3.92. The van der Waals surface area contributed by atoms with Gasteiger partial charge in [-0.05, 0) is 35.9 Å². The Bertz CT molecular complexity index is 945. The van der Waals surface area contributed by atoms with Gasteiger partial charge in [0.1, 0.15) is 0 Å². The van der Waals surface area contributed by atoms with E-state index in [0.717, 1.165) is 5.69 Å². The number of nitrogens with two attached hydrogens (primary N) is 1. The van der Waals surface area contributed by atoms with E-state index < -0.39 is 5.82 Å². The van der Waals surface area contributed by atoms with Gasteiger partial charge in [0.05, 0.1) is 13.4 Å². The quantitative estimate of drug-likeness (QED) is 0.554. The van der Waals surface area contributed by atoms with Crippen LogP contribution in [0.3, 0.4) is 0 Å². The number of methoxy groups -OCH3 is 1. The summed E-state index contributed by atoms with van der Waals surface area (Å²) in [5.74, 6) is -0.169. The number of hydrogen-bond acceptors (Lipinski definition) is 5. The third-order valence-electron chi connectivity index (χ3n) is 4.11. The molecule has 0 atom stereocenters. The molecule has 0 aliphatic heterocycles. The Balaban J connectivity index is 1.73. The highest BCUT2D eigenvalue weighted by molar-refractivity contribution is 5.94. The second-order valence-electron chi connectivity index (χ2n) is 6.02. The predicted molar refractivity (Wildman–Crippen MR) is 102 cm³/mol. The highest BCUT2D eigenvalue weighted by Crippen LogP contribution is 2.33. The van der Waals surface area contributed by atoms with E-state index in [0.29, 0.717) is 29.8 Å². The number of imidazole rings is 1. The number of halogens is 1. The van der Waals surface area contributed by atoms with E-state index in [9.17, 15) is 9.18 Å². The number of H-pyrrole nitrogens is 1. The molecule has 0 saturated carbocycles. The van der Waals surface area contributed by atoms with Gasteiger partial charge in [-0.15, -0.1) is 0 Å². The fourth-order valence-corrected chi connectivity index (χ4v) is 2.60. The number of carbonyl (C=O) groups excluding carboxylic acids is 1. The van der Waals surface area contributed by atoms with Crippen LogP contribution in [0.2, 0.25) is 0 Å². The van der Waals surface area contributed by atoms with Crippen molar-refractivity contribution in [1.82, 2.24) is 15.3 Å². The third kappa shape index (κ3) is 4.66. The van der Waals surface area contributed by atoms with E-state index in [2.05, 4.69) is 15.3 Å². The second-order valence-corrected chi connectivity index (χ2v) is 6.02. The maximum atomic E-state index is 14.2. The minimum absolute atomic E-state index is 0.0207. The lowest BCUT2D eigenvalue weighted by Gasteiger charge is -2.13. The molecule has 28 heavy (non-hydrogen) atoms. The Labute approximate surface area is 161 Å². The first-order valence-electron chi connectivity index (χ1n) is 8.70. The van der Waals surface area contributed by atoms with Crippen molar-refractivity contribution >= 4 is 5.91 Å². The molecule has 0 radical (unpaired) electrons. The van der Waals surface area contributed by atoms with Crippen molar-refractivity contribution in [3.63, 3.8) is 0 Å². The Morgan fingerprint density at radius 2 is 2.04 bits per heavy atom. The van der Waals surface area contributed by atoms with Crippen LogP contribution >= 0.6 is 0 Å². The molecule has 8 heteroatoms. The van der Waals surface area contributed by atoms with Gasteiger partial charge in [-0.1, -0.05) is 6.07 Å². The molecule has 1 aromatic heterocycles. The Morgan fingerprint density at radius 3 is 2.71 bits per heavy atom. The molecule has 0 unspecified atom stereocenters. The van der Waals surface area contributed by atoms with Crippen LogP contribution in [0, 0.1) is 5.82 Å². The van der Waals surface area contributed by atoms with Crippen LogP contribution in [-0.4, -0.2) is 29.5 Å². The summed E-state index contributed by atoms with van der Waals surface area (Å²) in [5, 5.41) is 2.82. The molecule has 3 aromatic rings. The van der Waals surface area contributed by atoms with Gasteiger partial charge in [0.15, 0.2) is 23.1 Å². The van der Waals surface area contributed by atoms with Crippen molar-refractivity contribution in [2.75, 3.05) is 13.7 Å². The van der Waals surface area contributed by atoms with Gasteiger partial charge in [-0.2, -0.15) is 0 Å². The zero-order chi connectivity index (χ0) is 19.9. The number of aromatic amines is 1. The van der Waals surface area contributed by atoms with Crippen LogP contribution in [-0.2, 0) is 13.0 Å². The summed E-state index contributed by atoms with van der Waals surface area (Å²) in [6, 6.07) is 9.22. The standard InChI is InChI=1S/C20H21FN4O3/c1-27-18-5-3-14(20(26)24-7-6-15-11-23-12-25-15)9-19(18)28-17-4-2-13(10-22)8-16(17)21/h2-5,8-9,11-12H,6-7,10,22H2,1H3,(H,23,25)(H,24,26). The van der Waals surface area contributed by atoms with Gasteiger partial charge in [-0.3, -0.25) is 4.79 Å². The van der Waals surface area contributed by atoms with Crippen LogP contribution in [0.5, 0.6) is 17.2 Å². The van der Waals surface area contributed by atoms with Gasteiger partial charge in [-0.25, -0.2) is 9.37 Å². The van der Waals surface area contributed by atoms with Crippen molar-refractivity contribution in [3.8, 4) is 17.2 Å². The number of aromatic nitrogens is 2. The van der Waals surface area contributed by atoms with Gasteiger partial charge < -0.3 is 25.5 Å². The molecule has 0 aliphatic carbocycles. The normalized spacial score (nSPS) is 10.5. The summed E-state index contributed by atoms with van der Waals surface area (Å²) in [5.41, 5.74) is 7.47. The van der Waals surface area contributed by atoms with Gasteiger partial charge >= 0.3 is 0 Å². The van der Waals surface area contributed by atoms with Gasteiger partial charge in [0.2, 0.25) is 0 Å². The van der Waals surface area contributed by atoms with Crippen LogP contribution in [0.25, 0.3) is 0 Å². The lowest BCUT2D eigenvalue weighted by atomic mass is 10.1. The van der Waals surface area contributed by atoms with Crippen molar-refractivity contribution in [3.05, 3.63) is 71.6 Å². The highest BCUT2D eigenvalue weighted by atomic mass is 19.1. The maximum absolute atomic E-state index is 14.2. The average Bonchev–Trinajstić information content (AvgIpc) is 3.22. The van der Waals surface area contributed by atoms with Crippen molar-refractivity contribution < 1.29 is 18.7 Å². The van der Waals surface area contributed by atoms with E-state index in [1.807, 2.05) is 0 Å². The molecule has 7 nitrogen and oxygen atoms in total. The molecular formula is C20H21FN4O3. The molecule has 0 aliphatic rings. The molecule has 0 saturated heterocycles. The first-order valence-corrected chi connectivity index (χ1v) is 8.70. The fourth-order valence-electron chi connectivity index (χ4n) is 2.60. The molecule has 1 heterocycles. The van der Waals surface area contributed by atoms with Crippen molar-refractivity contribution in [1.29, 1.82) is 0 Å². The van der Waals surface area contributed by atoms with Gasteiger partial charge in [0.25, 0.3) is 5.91 Å². The number of rotatable bonds is 8. The van der Waals surface area contributed by atoms with Gasteiger partial charge in [0, 0.05) is 37.0 Å². The lowest BCUT2D eigenvalue weighted by molar-refractivity contribution is 0.0953. The van der Waals surface area contributed by atoms with Crippen molar-refractivity contribution in [2.24, 2.45) is 5.73 Å². The smallest absolute Gasteiger partial charge is 0.251 e. The Kier molecular flexibility index (Phi) is 6.23. The predicted octanol–water partition coefficient (Wildman–Crippen LogP) is 2.78. The number of carbonyl (C=O) groups is 1. The zero-order valence-electron chi connectivity index (χ0n) is 15.4. The monoisotopic (exact) mass is 384 g/mol. The van der Waals surface area contributed by atoms with Crippen LogP contribution in [0.4, 0.5) is 4.39 Å². The van der Waals surface area contributed by atoms with Crippen molar-refractivity contribution in [2.45, 2.75) is 13.0 Å². The summed E-state index contributed by atoms with van der Waals surface area (Å²) in [7, 11) is 1.47. The topological polar surface area (TPSA) is 102 Å². The average molecular weight is 384 g/mol. The Hall–Kier alpha value is -3.39. The molecule has 3 rings (SSSR count). The SMILES string of the molecule is COc1ccc(C(=O)NCCc2cnc[nH]2)cc1Oc1ccc(CN)cc1F. The number of benzene rings is 2. The second kappa shape index (κ2) is 9.01. The van der Waals surface area contributed by atoms with Crippen LogP contribution in [0.1, 0.15) is 21.6 Å². The molecule has 0 spiro atoms. The van der Waals surface area contributed by atoms with E-state index in [1.165, 1.54) is 25.3 Å². The van der Waals surface area contributed by atoms with E-state index in [-0.39, 0.29) is 24.0 Å². The molecule has 0 bridgehead atoms. The molecule has 146 valence electrons. The molecular weight excluding hydrogens is 363 g/mol. The number of amides is 1. The minimum atomic E-state index is -0.542. The minimum Gasteiger partial charge on any atom is -0.493 e. The number of nitrogens with one attached hydrogen (secondary N) is 2. The molecule has 4 N–H and O–H groups in total. The zero-order valence-corrected chi connectivity index (χ0v) is 15.4. The molecule has 0 fully saturated rings. The fraction of sp³-hybridized carbons (Fsp3) is 0.200. The largest absolute Gasteiger partial charge is 0.493 e. The molecule has 2 aromatic carbocycles. The number of nitrogens with zero attached hydrogens (tertiary/aromatic N) is 1. The Morgan fingerprint density at radius 1 is 1.21 bits per heavy atom. The summed E-state index contributed by atoms with van der Waals surface area (Å²) >= 11 is 0.